The van der Waals surface area contributed by atoms with Gasteiger partial charge in [-0.15, -0.1) is 0 Å². The third-order valence-corrected chi connectivity index (χ3v) is 8.02. The quantitative estimate of drug-likeness (QED) is 0.341. The number of rotatable bonds is 4. The van der Waals surface area contributed by atoms with Crippen molar-refractivity contribution in [2.45, 2.75) is 20.8 Å². The Labute approximate surface area is 63.7 Å². The zero-order valence-corrected chi connectivity index (χ0v) is 8.28. The van der Waals surface area contributed by atoms with Gasteiger partial charge in [0, 0.05) is 25.2 Å². The third-order valence-electron chi connectivity index (χ3n) is 1.30. The zero-order chi connectivity index (χ0) is 7.28. The molecule has 0 fully saturated rings. The Balaban J connectivity index is 3.64. The Kier molecular flexibility index (Phi) is 5.70. The summed E-state index contributed by atoms with van der Waals surface area (Å²) in [4.78, 5) is 0. The first kappa shape index (κ1) is 9.57. The monoisotopic (exact) mass is 165 g/mol. The van der Waals surface area contributed by atoms with Crippen LogP contribution in [-0.4, -0.2) is 23.1 Å². The van der Waals surface area contributed by atoms with Gasteiger partial charge in [-0.2, -0.15) is 0 Å². The lowest BCUT2D eigenvalue weighted by Gasteiger charge is -2.03. The molecular weight excluding hydrogens is 148 g/mol. The maximum Gasteiger partial charge on any atom is 0.116 e. The highest BCUT2D eigenvalue weighted by atomic mass is 33.2. The van der Waals surface area contributed by atoms with E-state index in [0.29, 0.717) is 19.4 Å². The van der Waals surface area contributed by atoms with Crippen molar-refractivity contribution in [3.8, 4) is 0 Å². The summed E-state index contributed by atoms with van der Waals surface area (Å²) in [7, 11) is 1.10. The lowest BCUT2D eigenvalue weighted by atomic mass is 11.0. The molecule has 0 rings (SSSR count). The van der Waals surface area contributed by atoms with Gasteiger partial charge in [0.2, 0.25) is 0 Å². The van der Waals surface area contributed by atoms with E-state index in [4.69, 9.17) is 0 Å². The molecule has 56 valence electrons. The lowest BCUT2D eigenvalue weighted by molar-refractivity contribution is 1.45. The summed E-state index contributed by atoms with van der Waals surface area (Å²) in [6.07, 6.45) is 0. The first-order valence-corrected chi connectivity index (χ1v) is 7.09. The standard InChI is InChI=1S/C7H17S2/c1-5-8(4)9(6-2)7-3/h4-7H2,1-3H3/q+1. The van der Waals surface area contributed by atoms with E-state index >= 15 is 0 Å². The van der Waals surface area contributed by atoms with Gasteiger partial charge in [-0.1, -0.05) is 6.92 Å². The summed E-state index contributed by atoms with van der Waals surface area (Å²) < 4.78 is 0. The fraction of sp³-hybridized carbons (Fsp3) is 0.857. The summed E-state index contributed by atoms with van der Waals surface area (Å²) in [6.45, 7) is 6.78. The van der Waals surface area contributed by atoms with Crippen LogP contribution in [-0.2, 0) is 9.93 Å². The Bertz CT molecular complexity index is 84.9. The predicted octanol–water partition coefficient (Wildman–Crippen LogP) is 2.28. The molecule has 0 N–H and O–H groups in total. The first-order valence-electron chi connectivity index (χ1n) is 3.44. The molecule has 0 radical (unpaired) electrons. The van der Waals surface area contributed by atoms with Gasteiger partial charge in [0.25, 0.3) is 0 Å². The zero-order valence-electron chi connectivity index (χ0n) is 6.64. The van der Waals surface area contributed by atoms with Gasteiger partial charge in [-0.25, -0.2) is 0 Å². The van der Waals surface area contributed by atoms with E-state index in [-0.39, 0.29) is 0 Å². The van der Waals surface area contributed by atoms with Gasteiger partial charge in [-0.3, -0.25) is 0 Å². The van der Waals surface area contributed by atoms with E-state index in [2.05, 4.69) is 26.6 Å². The van der Waals surface area contributed by atoms with Crippen LogP contribution in [0, 0.1) is 0 Å². The number of hydrogen-bond acceptors (Lipinski definition) is 0. The molecular formula is C7H17S2+. The molecule has 0 bridgehead atoms. The molecule has 0 aromatic heterocycles. The van der Waals surface area contributed by atoms with Crippen LogP contribution in [0.15, 0.2) is 0 Å². The molecule has 9 heavy (non-hydrogen) atoms. The second kappa shape index (κ2) is 5.36. The van der Waals surface area contributed by atoms with Crippen molar-refractivity contribution in [1.82, 2.24) is 0 Å². The van der Waals surface area contributed by atoms with E-state index in [9.17, 15) is 0 Å². The van der Waals surface area contributed by atoms with Gasteiger partial charge in [0.1, 0.15) is 11.5 Å². The lowest BCUT2D eigenvalue weighted by Crippen LogP contribution is -2.04. The van der Waals surface area contributed by atoms with E-state index in [1.165, 1.54) is 17.3 Å². The van der Waals surface area contributed by atoms with Gasteiger partial charge in [0.15, 0.2) is 0 Å². The van der Waals surface area contributed by atoms with E-state index < -0.39 is 0 Å². The SMILES string of the molecule is C=S(CC)[S+](CC)CC. The van der Waals surface area contributed by atoms with Crippen molar-refractivity contribution in [2.24, 2.45) is 0 Å². The van der Waals surface area contributed by atoms with Crippen LogP contribution in [0.3, 0.4) is 0 Å². The normalized spacial score (nSPS) is 14.2. The third kappa shape index (κ3) is 3.31. The number of hydrogen-bond donors (Lipinski definition) is 0. The Hall–Kier alpha value is 0.570. The molecule has 0 saturated carbocycles. The van der Waals surface area contributed by atoms with Crippen LogP contribution < -0.4 is 0 Å². The van der Waals surface area contributed by atoms with Crippen molar-refractivity contribution >= 4 is 25.3 Å². The summed E-state index contributed by atoms with van der Waals surface area (Å²) in [5.41, 5.74) is 0. The minimum absolute atomic E-state index is 0.463. The van der Waals surface area contributed by atoms with Crippen LogP contribution in [0.2, 0.25) is 0 Å². The van der Waals surface area contributed by atoms with Crippen LogP contribution in [0.1, 0.15) is 20.8 Å². The minimum atomic E-state index is 0.463. The highest BCUT2D eigenvalue weighted by Crippen LogP contribution is 2.22. The summed E-state index contributed by atoms with van der Waals surface area (Å²) in [6, 6.07) is 0. The largest absolute Gasteiger partial charge is 0.116 e. The molecule has 0 saturated heterocycles. The van der Waals surface area contributed by atoms with Gasteiger partial charge >= 0.3 is 0 Å². The molecule has 0 aromatic rings. The summed E-state index contributed by atoms with van der Waals surface area (Å²) in [5, 5.41) is 0. The Morgan fingerprint density at radius 3 is 1.78 bits per heavy atom. The smallest absolute Gasteiger partial charge is 0.0524 e. The average molecular weight is 165 g/mol. The van der Waals surface area contributed by atoms with Crippen LogP contribution in [0.4, 0.5) is 0 Å². The molecule has 0 spiro atoms. The van der Waals surface area contributed by atoms with Crippen molar-refractivity contribution in [3.63, 3.8) is 0 Å². The van der Waals surface area contributed by atoms with Crippen LogP contribution >= 0.6 is 9.52 Å². The van der Waals surface area contributed by atoms with Crippen molar-refractivity contribution < 1.29 is 0 Å². The van der Waals surface area contributed by atoms with E-state index in [1.54, 1.807) is 0 Å². The van der Waals surface area contributed by atoms with Crippen molar-refractivity contribution in [1.29, 1.82) is 0 Å². The summed E-state index contributed by atoms with van der Waals surface area (Å²) in [5.74, 6) is 8.07. The molecule has 1 atom stereocenters. The molecule has 0 aliphatic heterocycles. The van der Waals surface area contributed by atoms with Gasteiger partial charge in [0.05, 0.1) is 0 Å². The van der Waals surface area contributed by atoms with Crippen LogP contribution in [0.5, 0.6) is 0 Å². The molecule has 0 heterocycles. The first-order chi connectivity index (χ1) is 4.26. The van der Waals surface area contributed by atoms with E-state index in [0.717, 1.165) is 0 Å². The molecule has 0 aromatic carbocycles. The molecule has 0 aliphatic rings. The molecule has 2 heteroatoms. The molecule has 0 nitrogen and oxygen atoms in total. The van der Waals surface area contributed by atoms with Crippen LogP contribution in [0.25, 0.3) is 0 Å². The Morgan fingerprint density at radius 1 is 1.22 bits per heavy atom. The topological polar surface area (TPSA) is 0 Å². The Morgan fingerprint density at radius 2 is 1.67 bits per heavy atom. The highest BCUT2D eigenvalue weighted by Gasteiger charge is 2.13. The van der Waals surface area contributed by atoms with Gasteiger partial charge < -0.3 is 0 Å². The molecule has 0 amide bonds. The predicted molar refractivity (Wildman–Crippen MR) is 53.7 cm³/mol. The second-order valence-corrected chi connectivity index (χ2v) is 8.07. The fourth-order valence-corrected chi connectivity index (χ4v) is 5.11. The maximum atomic E-state index is 4.14. The summed E-state index contributed by atoms with van der Waals surface area (Å²) >= 11 is 0. The molecule has 1 unspecified atom stereocenters. The maximum absolute atomic E-state index is 4.14. The minimum Gasteiger partial charge on any atom is -0.0524 e. The highest BCUT2D eigenvalue weighted by molar-refractivity contribution is 8.80. The molecule has 0 aliphatic carbocycles. The fourth-order valence-electron chi connectivity index (χ4n) is 0.704. The van der Waals surface area contributed by atoms with E-state index in [1.807, 2.05) is 0 Å². The van der Waals surface area contributed by atoms with Crippen molar-refractivity contribution in [3.05, 3.63) is 0 Å². The van der Waals surface area contributed by atoms with Crippen molar-refractivity contribution in [2.75, 3.05) is 17.3 Å². The average Bonchev–Trinajstić information content (AvgIpc) is 1.90. The second-order valence-electron chi connectivity index (χ2n) is 1.75. The van der Waals surface area contributed by atoms with Gasteiger partial charge in [-0.05, 0) is 19.7 Å².